The molecule has 0 aliphatic carbocycles. The molecule has 0 unspecified atom stereocenters. The van der Waals surface area contributed by atoms with Crippen molar-refractivity contribution in [3.8, 4) is 0 Å². The SMILES string of the molecule is COC(=O)C1(NC(=O)C=Cc2ccc(F)c(Br)c2)CCN(C(=O)OC(C)(C)C)CC1. The zero-order valence-corrected chi connectivity index (χ0v) is 19.0. The molecule has 1 N–H and O–H groups in total. The predicted octanol–water partition coefficient (Wildman–Crippen LogP) is 3.66. The highest BCUT2D eigenvalue weighted by molar-refractivity contribution is 9.10. The third kappa shape index (κ3) is 6.29. The lowest BCUT2D eigenvalue weighted by atomic mass is 9.87. The second kappa shape index (κ2) is 9.59. The molecule has 1 heterocycles. The van der Waals surface area contributed by atoms with Gasteiger partial charge >= 0.3 is 12.1 Å². The first-order valence-electron chi connectivity index (χ1n) is 9.47. The molecule has 0 atom stereocenters. The summed E-state index contributed by atoms with van der Waals surface area (Å²) in [4.78, 5) is 38.7. The van der Waals surface area contributed by atoms with Gasteiger partial charge in [0.05, 0.1) is 11.6 Å². The zero-order chi connectivity index (χ0) is 22.5. The van der Waals surface area contributed by atoms with Crippen molar-refractivity contribution in [2.75, 3.05) is 20.2 Å². The highest BCUT2D eigenvalue weighted by atomic mass is 79.9. The largest absolute Gasteiger partial charge is 0.467 e. The summed E-state index contributed by atoms with van der Waals surface area (Å²) in [6, 6.07) is 4.35. The van der Waals surface area contributed by atoms with Gasteiger partial charge in [-0.15, -0.1) is 0 Å². The van der Waals surface area contributed by atoms with E-state index in [2.05, 4.69) is 21.2 Å². The fraction of sp³-hybridized carbons (Fsp3) is 0.476. The van der Waals surface area contributed by atoms with Crippen molar-refractivity contribution < 1.29 is 28.2 Å². The van der Waals surface area contributed by atoms with E-state index in [-0.39, 0.29) is 30.4 Å². The Bertz CT molecular complexity index is 842. The summed E-state index contributed by atoms with van der Waals surface area (Å²) in [5.74, 6) is -1.47. The Hall–Kier alpha value is -2.42. The molecule has 7 nitrogen and oxygen atoms in total. The van der Waals surface area contributed by atoms with E-state index in [0.717, 1.165) is 0 Å². The summed E-state index contributed by atoms with van der Waals surface area (Å²) >= 11 is 3.09. The van der Waals surface area contributed by atoms with Crippen LogP contribution in [-0.2, 0) is 19.1 Å². The first-order chi connectivity index (χ1) is 14.0. The van der Waals surface area contributed by atoms with Crippen LogP contribution in [-0.4, -0.2) is 54.2 Å². The van der Waals surface area contributed by atoms with E-state index >= 15 is 0 Å². The average Bonchev–Trinajstić information content (AvgIpc) is 2.67. The van der Waals surface area contributed by atoms with Crippen molar-refractivity contribution in [2.45, 2.75) is 44.8 Å². The first kappa shape index (κ1) is 23.9. The second-order valence-corrected chi connectivity index (χ2v) is 8.89. The molecule has 1 aromatic rings. The van der Waals surface area contributed by atoms with Gasteiger partial charge in [0.25, 0.3) is 0 Å². The van der Waals surface area contributed by atoms with Crippen LogP contribution in [0.5, 0.6) is 0 Å². The van der Waals surface area contributed by atoms with E-state index in [1.54, 1.807) is 20.8 Å². The van der Waals surface area contributed by atoms with Gasteiger partial charge in [0.2, 0.25) is 5.91 Å². The van der Waals surface area contributed by atoms with Crippen molar-refractivity contribution in [1.29, 1.82) is 0 Å². The smallest absolute Gasteiger partial charge is 0.410 e. The molecule has 0 saturated carbocycles. The number of likely N-dealkylation sites (tertiary alicyclic amines) is 1. The minimum absolute atomic E-state index is 0.195. The minimum atomic E-state index is -1.24. The fourth-order valence-electron chi connectivity index (χ4n) is 3.04. The van der Waals surface area contributed by atoms with Gasteiger partial charge in [0.1, 0.15) is 17.0 Å². The number of methoxy groups -OCH3 is 1. The number of carbonyl (C=O) groups is 3. The summed E-state index contributed by atoms with van der Waals surface area (Å²) in [7, 11) is 1.25. The number of amides is 2. The summed E-state index contributed by atoms with van der Waals surface area (Å²) in [6.07, 6.45) is 2.71. The summed E-state index contributed by atoms with van der Waals surface area (Å²) < 4.78 is 23.9. The van der Waals surface area contributed by atoms with Gasteiger partial charge in [-0.2, -0.15) is 0 Å². The minimum Gasteiger partial charge on any atom is -0.467 e. The van der Waals surface area contributed by atoms with Crippen molar-refractivity contribution in [3.63, 3.8) is 0 Å². The number of carbonyl (C=O) groups excluding carboxylic acids is 3. The summed E-state index contributed by atoms with van der Waals surface area (Å²) in [5.41, 5.74) is -1.24. The number of benzene rings is 1. The van der Waals surface area contributed by atoms with Crippen LogP contribution in [0.15, 0.2) is 28.7 Å². The molecule has 1 aliphatic rings. The molecule has 30 heavy (non-hydrogen) atoms. The Balaban J connectivity index is 2.06. The van der Waals surface area contributed by atoms with Crippen LogP contribution in [0.2, 0.25) is 0 Å². The lowest BCUT2D eigenvalue weighted by Crippen LogP contribution is -2.61. The number of nitrogens with one attached hydrogen (secondary N) is 1. The van der Waals surface area contributed by atoms with Crippen LogP contribution in [0.3, 0.4) is 0 Å². The van der Waals surface area contributed by atoms with Gasteiger partial charge in [-0.25, -0.2) is 14.0 Å². The molecular formula is C21H26BrFN2O5. The predicted molar refractivity (Wildman–Crippen MR) is 113 cm³/mol. The topological polar surface area (TPSA) is 84.9 Å². The van der Waals surface area contributed by atoms with E-state index in [9.17, 15) is 18.8 Å². The molecule has 0 aromatic heterocycles. The van der Waals surface area contributed by atoms with Crippen molar-refractivity contribution in [2.24, 2.45) is 0 Å². The Labute approximate surface area is 183 Å². The standard InChI is InChI=1S/C21H26BrFN2O5/c1-20(2,3)30-19(28)25-11-9-21(10-12-25,18(27)29-4)24-17(26)8-6-14-5-7-16(23)15(22)13-14/h5-8,13H,9-12H2,1-4H3,(H,24,26). The normalized spacial score (nSPS) is 16.3. The Morgan fingerprint density at radius 1 is 1.23 bits per heavy atom. The molecule has 0 bridgehead atoms. The summed E-state index contributed by atoms with van der Waals surface area (Å²) in [5, 5.41) is 2.72. The van der Waals surface area contributed by atoms with Crippen LogP contribution in [0.4, 0.5) is 9.18 Å². The number of esters is 1. The summed E-state index contributed by atoms with van der Waals surface area (Å²) in [6.45, 7) is 5.80. The van der Waals surface area contributed by atoms with Crippen LogP contribution < -0.4 is 5.32 Å². The molecule has 9 heteroatoms. The van der Waals surface area contributed by atoms with E-state index in [4.69, 9.17) is 9.47 Å². The first-order valence-corrected chi connectivity index (χ1v) is 10.3. The Kier molecular flexibility index (Phi) is 7.63. The molecule has 164 valence electrons. The van der Waals surface area contributed by atoms with Gasteiger partial charge < -0.3 is 19.7 Å². The van der Waals surface area contributed by atoms with Crippen LogP contribution in [0, 0.1) is 5.82 Å². The molecule has 2 amide bonds. The molecule has 1 aliphatic heterocycles. The zero-order valence-electron chi connectivity index (χ0n) is 17.5. The maximum Gasteiger partial charge on any atom is 0.410 e. The molecule has 1 fully saturated rings. The maximum absolute atomic E-state index is 13.3. The number of hydrogen-bond acceptors (Lipinski definition) is 5. The van der Waals surface area contributed by atoms with Crippen molar-refractivity contribution in [3.05, 3.63) is 40.1 Å². The third-order valence-corrected chi connectivity index (χ3v) is 5.19. The van der Waals surface area contributed by atoms with Gasteiger partial charge in [0.15, 0.2) is 0 Å². The monoisotopic (exact) mass is 484 g/mol. The lowest BCUT2D eigenvalue weighted by Gasteiger charge is -2.40. The Morgan fingerprint density at radius 3 is 2.40 bits per heavy atom. The number of piperidine rings is 1. The maximum atomic E-state index is 13.3. The van der Waals surface area contributed by atoms with Crippen molar-refractivity contribution in [1.82, 2.24) is 10.2 Å². The third-order valence-electron chi connectivity index (χ3n) is 4.58. The van der Waals surface area contributed by atoms with Crippen LogP contribution in [0.1, 0.15) is 39.2 Å². The van der Waals surface area contributed by atoms with Gasteiger partial charge in [-0.3, -0.25) is 4.79 Å². The van der Waals surface area contributed by atoms with E-state index in [1.807, 2.05) is 0 Å². The molecule has 1 saturated heterocycles. The van der Waals surface area contributed by atoms with E-state index < -0.39 is 34.9 Å². The number of rotatable bonds is 4. The molecule has 1 aromatic carbocycles. The number of ether oxygens (including phenoxy) is 2. The highest BCUT2D eigenvalue weighted by Crippen LogP contribution is 2.25. The number of nitrogens with zero attached hydrogens (tertiary/aromatic N) is 1. The highest BCUT2D eigenvalue weighted by Gasteiger charge is 2.44. The quantitative estimate of drug-likeness (QED) is 0.520. The number of hydrogen-bond donors (Lipinski definition) is 1. The number of halogens is 2. The lowest BCUT2D eigenvalue weighted by molar-refractivity contribution is -0.152. The van der Waals surface area contributed by atoms with Crippen LogP contribution >= 0.6 is 15.9 Å². The van der Waals surface area contributed by atoms with Crippen LogP contribution in [0.25, 0.3) is 6.08 Å². The Morgan fingerprint density at radius 2 is 1.87 bits per heavy atom. The second-order valence-electron chi connectivity index (χ2n) is 8.04. The van der Waals surface area contributed by atoms with Gasteiger partial charge in [-0.1, -0.05) is 6.07 Å². The van der Waals surface area contributed by atoms with E-state index in [1.165, 1.54) is 42.4 Å². The molecule has 2 rings (SSSR count). The van der Waals surface area contributed by atoms with Crippen molar-refractivity contribution >= 4 is 40.0 Å². The average molecular weight is 485 g/mol. The van der Waals surface area contributed by atoms with Gasteiger partial charge in [-0.05, 0) is 73.3 Å². The van der Waals surface area contributed by atoms with Gasteiger partial charge in [0, 0.05) is 19.2 Å². The van der Waals surface area contributed by atoms with E-state index in [0.29, 0.717) is 5.56 Å². The molecule has 0 spiro atoms. The molecule has 0 radical (unpaired) electrons. The fourth-order valence-corrected chi connectivity index (χ4v) is 3.43. The molecular weight excluding hydrogens is 459 g/mol.